The van der Waals surface area contributed by atoms with Gasteiger partial charge in [0, 0.05) is 0 Å². The molecule has 0 saturated carbocycles. The van der Waals surface area contributed by atoms with Crippen LogP contribution in [0.2, 0.25) is 0 Å². The lowest BCUT2D eigenvalue weighted by Crippen LogP contribution is -1.76. The zero-order valence-electron chi connectivity index (χ0n) is 6.88. The van der Waals surface area contributed by atoms with Crippen molar-refractivity contribution in [1.82, 2.24) is 0 Å². The second-order valence-electron chi connectivity index (χ2n) is 2.50. The van der Waals surface area contributed by atoms with Gasteiger partial charge in [-0.25, -0.2) is 0 Å². The van der Waals surface area contributed by atoms with Crippen LogP contribution in [0, 0.1) is 6.92 Å². The van der Waals surface area contributed by atoms with Crippen molar-refractivity contribution >= 4 is 5.57 Å². The summed E-state index contributed by atoms with van der Waals surface area (Å²) in [7, 11) is 0. The van der Waals surface area contributed by atoms with Crippen molar-refractivity contribution in [3.63, 3.8) is 0 Å². The van der Waals surface area contributed by atoms with Crippen LogP contribution in [0.25, 0.3) is 5.57 Å². The van der Waals surface area contributed by atoms with Crippen molar-refractivity contribution in [2.75, 3.05) is 0 Å². The third kappa shape index (κ3) is 2.23. The number of benzene rings is 1. The summed E-state index contributed by atoms with van der Waals surface area (Å²) in [5, 5.41) is 0. The van der Waals surface area contributed by atoms with Crippen molar-refractivity contribution in [2.24, 2.45) is 0 Å². The summed E-state index contributed by atoms with van der Waals surface area (Å²) >= 11 is 0. The first kappa shape index (κ1) is 8.06. The highest BCUT2D eigenvalue weighted by Gasteiger charge is 1.90. The van der Waals surface area contributed by atoms with Crippen LogP contribution in [-0.4, -0.2) is 0 Å². The van der Waals surface area contributed by atoms with Gasteiger partial charge in [0.15, 0.2) is 0 Å². The van der Waals surface area contributed by atoms with E-state index in [0.29, 0.717) is 0 Å². The molecule has 0 nitrogen and oxygen atoms in total. The Morgan fingerprint density at radius 1 is 1.36 bits per heavy atom. The molecule has 0 aliphatic rings. The Morgan fingerprint density at radius 2 is 2.00 bits per heavy atom. The van der Waals surface area contributed by atoms with Gasteiger partial charge in [-0.2, -0.15) is 0 Å². The predicted molar refractivity (Wildman–Crippen MR) is 50.1 cm³/mol. The number of hydrogen-bond acceptors (Lipinski definition) is 0. The van der Waals surface area contributed by atoms with Crippen molar-refractivity contribution in [3.05, 3.63) is 48.9 Å². The summed E-state index contributed by atoms with van der Waals surface area (Å²) in [5.41, 5.74) is 2.34. The highest BCUT2D eigenvalue weighted by molar-refractivity contribution is 5.67. The Balaban J connectivity index is 2.85. The molecule has 0 bridgehead atoms. The Labute approximate surface area is 68.6 Å². The van der Waals surface area contributed by atoms with Gasteiger partial charge in [-0.3, -0.25) is 0 Å². The van der Waals surface area contributed by atoms with Gasteiger partial charge in [0.05, 0.1) is 0 Å². The van der Waals surface area contributed by atoms with E-state index < -0.39 is 0 Å². The Morgan fingerprint density at radius 3 is 2.55 bits per heavy atom. The van der Waals surface area contributed by atoms with Crippen LogP contribution < -0.4 is 0 Å². The number of allylic oxidation sites excluding steroid dienone is 2. The van der Waals surface area contributed by atoms with E-state index in [9.17, 15) is 0 Å². The molecule has 0 heterocycles. The fourth-order valence-corrected chi connectivity index (χ4v) is 1.02. The average molecular weight is 145 g/mol. The predicted octanol–water partition coefficient (Wildman–Crippen LogP) is 3.31. The summed E-state index contributed by atoms with van der Waals surface area (Å²) in [4.78, 5) is 0. The lowest BCUT2D eigenvalue weighted by Gasteiger charge is -1.98. The van der Waals surface area contributed by atoms with Gasteiger partial charge in [0.2, 0.25) is 0 Å². The minimum Gasteiger partial charge on any atom is -0.0810 e. The topological polar surface area (TPSA) is 0 Å². The first-order valence-electron chi connectivity index (χ1n) is 3.92. The highest BCUT2D eigenvalue weighted by atomic mass is 14.0. The molecule has 0 aromatic heterocycles. The molecule has 1 rings (SSSR count). The van der Waals surface area contributed by atoms with E-state index in [-0.39, 0.29) is 0 Å². The lowest BCUT2D eigenvalue weighted by molar-refractivity contribution is 1.23. The molecule has 57 valence electrons. The summed E-state index contributed by atoms with van der Waals surface area (Å²) < 4.78 is 0. The zero-order valence-corrected chi connectivity index (χ0v) is 6.88. The van der Waals surface area contributed by atoms with Gasteiger partial charge in [-0.15, -0.1) is 0 Å². The number of rotatable bonds is 2. The van der Waals surface area contributed by atoms with Crippen LogP contribution in [0.15, 0.2) is 36.4 Å². The van der Waals surface area contributed by atoms with Crippen LogP contribution >= 0.6 is 0 Å². The van der Waals surface area contributed by atoms with E-state index in [4.69, 9.17) is 0 Å². The number of hydrogen-bond donors (Lipinski definition) is 0. The van der Waals surface area contributed by atoms with Gasteiger partial charge in [0.25, 0.3) is 0 Å². The van der Waals surface area contributed by atoms with Crippen LogP contribution in [0.1, 0.15) is 18.9 Å². The molecule has 0 atom stereocenters. The summed E-state index contributed by atoms with van der Waals surface area (Å²) in [6.07, 6.45) is 3.18. The molecule has 0 spiro atoms. The van der Waals surface area contributed by atoms with Gasteiger partial charge >= 0.3 is 0 Å². The second kappa shape index (κ2) is 3.97. The summed E-state index contributed by atoms with van der Waals surface area (Å²) in [5.74, 6) is 0. The Hall–Kier alpha value is -1.04. The van der Waals surface area contributed by atoms with Crippen molar-refractivity contribution in [1.29, 1.82) is 0 Å². The standard InChI is InChI=1S/C11H13/c1-3-7-10(2)11-8-5-4-6-9-11/h4-9H,2-3H2,1H3/b10-7-. The minimum atomic E-state index is 1.05. The first-order valence-corrected chi connectivity index (χ1v) is 3.92. The zero-order chi connectivity index (χ0) is 8.10. The van der Waals surface area contributed by atoms with Crippen molar-refractivity contribution in [3.8, 4) is 0 Å². The molecule has 0 aliphatic carbocycles. The minimum absolute atomic E-state index is 1.05. The Kier molecular flexibility index (Phi) is 2.91. The quantitative estimate of drug-likeness (QED) is 0.599. The Bertz CT molecular complexity index is 231. The van der Waals surface area contributed by atoms with Crippen LogP contribution in [0.3, 0.4) is 0 Å². The van der Waals surface area contributed by atoms with Crippen molar-refractivity contribution < 1.29 is 0 Å². The lowest BCUT2D eigenvalue weighted by atomic mass is 10.1. The normalized spacial score (nSPS) is 11.6. The molecule has 0 amide bonds. The smallest absolute Gasteiger partial charge is 0.0228 e. The van der Waals surface area contributed by atoms with Crippen LogP contribution in [-0.2, 0) is 0 Å². The SMILES string of the molecule is [CH2]/C(=C/CC)c1ccccc1. The third-order valence-corrected chi connectivity index (χ3v) is 1.60. The highest BCUT2D eigenvalue weighted by Crippen LogP contribution is 2.12. The molecule has 1 radical (unpaired) electrons. The van der Waals surface area contributed by atoms with E-state index in [2.05, 4.69) is 32.1 Å². The van der Waals surface area contributed by atoms with E-state index in [0.717, 1.165) is 12.0 Å². The average Bonchev–Trinajstić information content (AvgIpc) is 2.07. The fraction of sp³-hybridized carbons (Fsp3) is 0.182. The first-order chi connectivity index (χ1) is 5.34. The van der Waals surface area contributed by atoms with Gasteiger partial charge in [0.1, 0.15) is 0 Å². The molecule has 0 heteroatoms. The van der Waals surface area contributed by atoms with Crippen LogP contribution in [0.5, 0.6) is 0 Å². The maximum absolute atomic E-state index is 3.96. The monoisotopic (exact) mass is 145 g/mol. The van der Waals surface area contributed by atoms with E-state index >= 15 is 0 Å². The van der Waals surface area contributed by atoms with Crippen LogP contribution in [0.4, 0.5) is 0 Å². The van der Waals surface area contributed by atoms with Crippen molar-refractivity contribution in [2.45, 2.75) is 13.3 Å². The molecule has 1 aromatic rings. The molecule has 1 aromatic carbocycles. The molecule has 0 aliphatic heterocycles. The molecule has 11 heavy (non-hydrogen) atoms. The second-order valence-corrected chi connectivity index (χ2v) is 2.50. The molecule has 0 N–H and O–H groups in total. The molecular formula is C11H13. The van der Waals surface area contributed by atoms with E-state index in [1.807, 2.05) is 18.2 Å². The molecular weight excluding hydrogens is 132 g/mol. The van der Waals surface area contributed by atoms with Gasteiger partial charge in [-0.05, 0) is 24.5 Å². The molecule has 0 unspecified atom stereocenters. The maximum Gasteiger partial charge on any atom is -0.0228 e. The molecule has 0 fully saturated rings. The van der Waals surface area contributed by atoms with Gasteiger partial charge < -0.3 is 0 Å². The summed E-state index contributed by atoms with van der Waals surface area (Å²) in [6.45, 7) is 6.08. The van der Waals surface area contributed by atoms with E-state index in [1.165, 1.54) is 5.56 Å². The molecule has 0 saturated heterocycles. The largest absolute Gasteiger partial charge is 0.0810 e. The van der Waals surface area contributed by atoms with E-state index in [1.54, 1.807) is 0 Å². The fourth-order valence-electron chi connectivity index (χ4n) is 1.02. The summed E-state index contributed by atoms with van der Waals surface area (Å²) in [6, 6.07) is 10.2. The maximum atomic E-state index is 3.96. The van der Waals surface area contributed by atoms with Gasteiger partial charge in [-0.1, -0.05) is 43.3 Å². The third-order valence-electron chi connectivity index (χ3n) is 1.60.